The second-order valence-electron chi connectivity index (χ2n) is 8.20. The molecule has 1 atom stereocenters. The van der Waals surface area contributed by atoms with Crippen molar-refractivity contribution in [2.75, 3.05) is 18.0 Å². The maximum absolute atomic E-state index is 12.6. The first-order valence-corrected chi connectivity index (χ1v) is 9.58. The zero-order chi connectivity index (χ0) is 19.4. The molecule has 142 valence electrons. The number of nitrogens with one attached hydrogen (secondary N) is 1. The molecule has 3 rings (SSSR count). The average molecular weight is 364 g/mol. The smallest absolute Gasteiger partial charge is 0.227 e. The number of hydrogen-bond donors (Lipinski definition) is 1. The average Bonchev–Trinajstić information content (AvgIpc) is 3.03. The van der Waals surface area contributed by atoms with Crippen molar-refractivity contribution in [1.82, 2.24) is 5.32 Å². The summed E-state index contributed by atoms with van der Waals surface area (Å²) in [4.78, 5) is 26.9. The van der Waals surface area contributed by atoms with Gasteiger partial charge in [-0.3, -0.25) is 9.59 Å². The zero-order valence-corrected chi connectivity index (χ0v) is 16.4. The largest absolute Gasteiger partial charge is 0.355 e. The molecule has 0 bridgehead atoms. The van der Waals surface area contributed by atoms with Gasteiger partial charge in [-0.15, -0.1) is 0 Å². The Morgan fingerprint density at radius 3 is 2.44 bits per heavy atom. The van der Waals surface area contributed by atoms with Gasteiger partial charge in [-0.05, 0) is 29.0 Å². The number of nitrogens with zero attached hydrogens (tertiary/aromatic N) is 1. The van der Waals surface area contributed by atoms with E-state index in [1.165, 1.54) is 5.56 Å². The van der Waals surface area contributed by atoms with Gasteiger partial charge < -0.3 is 10.2 Å². The normalized spacial score (nSPS) is 17.2. The number of carbonyl (C=O) groups excluding carboxylic acids is 2. The molecule has 1 fully saturated rings. The number of benzene rings is 2. The van der Waals surface area contributed by atoms with E-state index in [4.69, 9.17) is 0 Å². The van der Waals surface area contributed by atoms with Crippen molar-refractivity contribution in [2.45, 2.75) is 39.0 Å². The third-order valence-electron chi connectivity index (χ3n) is 5.05. The summed E-state index contributed by atoms with van der Waals surface area (Å²) in [6.45, 7) is 7.45. The molecule has 0 spiro atoms. The fourth-order valence-electron chi connectivity index (χ4n) is 3.58. The van der Waals surface area contributed by atoms with Crippen molar-refractivity contribution in [3.63, 3.8) is 0 Å². The Balaban J connectivity index is 1.63. The lowest BCUT2D eigenvalue weighted by atomic mass is 9.85. The van der Waals surface area contributed by atoms with Gasteiger partial charge >= 0.3 is 0 Å². The van der Waals surface area contributed by atoms with E-state index in [9.17, 15) is 9.59 Å². The Hall–Kier alpha value is -2.62. The molecule has 4 heteroatoms. The Morgan fingerprint density at radius 1 is 1.07 bits per heavy atom. The highest BCUT2D eigenvalue weighted by Crippen LogP contribution is 2.35. The van der Waals surface area contributed by atoms with E-state index in [1.54, 1.807) is 4.90 Å². The Labute approximate surface area is 161 Å². The van der Waals surface area contributed by atoms with Crippen LogP contribution in [0.2, 0.25) is 0 Å². The summed E-state index contributed by atoms with van der Waals surface area (Å²) in [5.74, 6) is -0.300. The first kappa shape index (κ1) is 19.2. The van der Waals surface area contributed by atoms with E-state index in [0.29, 0.717) is 13.1 Å². The highest BCUT2D eigenvalue weighted by molar-refractivity contribution is 6.01. The van der Waals surface area contributed by atoms with Gasteiger partial charge in [-0.25, -0.2) is 0 Å². The third-order valence-corrected chi connectivity index (χ3v) is 5.05. The lowest BCUT2D eigenvalue weighted by Crippen LogP contribution is -2.34. The fourth-order valence-corrected chi connectivity index (χ4v) is 3.58. The maximum Gasteiger partial charge on any atom is 0.227 e. The van der Waals surface area contributed by atoms with Crippen molar-refractivity contribution < 1.29 is 9.59 Å². The van der Waals surface area contributed by atoms with Crippen molar-refractivity contribution in [3.05, 3.63) is 65.7 Å². The van der Waals surface area contributed by atoms with Gasteiger partial charge in [0.15, 0.2) is 0 Å². The Kier molecular flexibility index (Phi) is 5.64. The fraction of sp³-hybridized carbons (Fsp3) is 0.391. The molecule has 2 amide bonds. The molecule has 0 radical (unpaired) electrons. The molecule has 1 aliphatic heterocycles. The van der Waals surface area contributed by atoms with Gasteiger partial charge in [0, 0.05) is 25.2 Å². The summed E-state index contributed by atoms with van der Waals surface area (Å²) in [5.41, 5.74) is 3.19. The van der Waals surface area contributed by atoms with E-state index in [0.717, 1.165) is 17.7 Å². The van der Waals surface area contributed by atoms with Gasteiger partial charge in [0.05, 0.1) is 5.92 Å². The van der Waals surface area contributed by atoms with Crippen molar-refractivity contribution >= 4 is 17.5 Å². The van der Waals surface area contributed by atoms with Crippen LogP contribution < -0.4 is 10.2 Å². The summed E-state index contributed by atoms with van der Waals surface area (Å²) in [7, 11) is 0. The topological polar surface area (TPSA) is 49.4 Å². The molecule has 2 aromatic rings. The van der Waals surface area contributed by atoms with Crippen LogP contribution in [0.4, 0.5) is 5.69 Å². The SMILES string of the molecule is CC(C)(C)c1ccccc1N1CC(C(=O)NCCc2ccccc2)CC1=O. The van der Waals surface area contributed by atoms with Crippen LogP contribution in [0.5, 0.6) is 0 Å². The van der Waals surface area contributed by atoms with E-state index in [-0.39, 0.29) is 29.6 Å². The van der Waals surface area contributed by atoms with Gasteiger partial charge in [0.1, 0.15) is 0 Å². The lowest BCUT2D eigenvalue weighted by molar-refractivity contribution is -0.126. The predicted molar refractivity (Wildman–Crippen MR) is 109 cm³/mol. The van der Waals surface area contributed by atoms with Crippen LogP contribution in [-0.2, 0) is 21.4 Å². The number of rotatable bonds is 5. The number of para-hydroxylation sites is 1. The van der Waals surface area contributed by atoms with E-state index >= 15 is 0 Å². The number of anilines is 1. The quantitative estimate of drug-likeness (QED) is 0.879. The van der Waals surface area contributed by atoms with E-state index in [2.05, 4.69) is 44.3 Å². The van der Waals surface area contributed by atoms with Crippen LogP contribution in [0.25, 0.3) is 0 Å². The number of carbonyl (C=O) groups is 2. The molecule has 0 aliphatic carbocycles. The van der Waals surface area contributed by atoms with E-state index in [1.807, 2.05) is 36.4 Å². The van der Waals surface area contributed by atoms with Crippen LogP contribution in [-0.4, -0.2) is 24.9 Å². The maximum atomic E-state index is 12.6. The summed E-state index contributed by atoms with van der Waals surface area (Å²) in [6, 6.07) is 18.1. The first-order valence-electron chi connectivity index (χ1n) is 9.58. The molecular formula is C23H28N2O2. The Morgan fingerprint density at radius 2 is 1.74 bits per heavy atom. The minimum atomic E-state index is -0.290. The van der Waals surface area contributed by atoms with Crippen LogP contribution in [0.15, 0.2) is 54.6 Å². The van der Waals surface area contributed by atoms with Gasteiger partial charge in [-0.2, -0.15) is 0 Å². The first-order chi connectivity index (χ1) is 12.9. The van der Waals surface area contributed by atoms with Gasteiger partial charge in [0.2, 0.25) is 11.8 Å². The van der Waals surface area contributed by atoms with Gasteiger partial charge in [0.25, 0.3) is 0 Å². The van der Waals surface area contributed by atoms with Crippen LogP contribution in [0.1, 0.15) is 38.3 Å². The molecule has 0 saturated carbocycles. The second-order valence-corrected chi connectivity index (χ2v) is 8.20. The zero-order valence-electron chi connectivity index (χ0n) is 16.4. The number of hydrogen-bond acceptors (Lipinski definition) is 2. The molecule has 1 heterocycles. The third kappa shape index (κ3) is 4.57. The molecular weight excluding hydrogens is 336 g/mol. The second kappa shape index (κ2) is 7.95. The summed E-state index contributed by atoms with van der Waals surface area (Å²) in [5, 5.41) is 2.99. The number of amides is 2. The molecule has 27 heavy (non-hydrogen) atoms. The van der Waals surface area contributed by atoms with Crippen molar-refractivity contribution in [3.8, 4) is 0 Å². The minimum Gasteiger partial charge on any atom is -0.355 e. The highest BCUT2D eigenvalue weighted by atomic mass is 16.2. The predicted octanol–water partition coefficient (Wildman–Crippen LogP) is 3.70. The molecule has 1 N–H and O–H groups in total. The van der Waals surface area contributed by atoms with Crippen LogP contribution >= 0.6 is 0 Å². The summed E-state index contributed by atoms with van der Waals surface area (Å²) in [6.07, 6.45) is 1.07. The molecule has 2 aromatic carbocycles. The van der Waals surface area contributed by atoms with Crippen molar-refractivity contribution in [2.24, 2.45) is 5.92 Å². The molecule has 1 saturated heterocycles. The van der Waals surface area contributed by atoms with Crippen LogP contribution in [0, 0.1) is 5.92 Å². The molecule has 1 unspecified atom stereocenters. The molecule has 0 aromatic heterocycles. The van der Waals surface area contributed by atoms with E-state index < -0.39 is 0 Å². The minimum absolute atomic E-state index is 0.0231. The molecule has 1 aliphatic rings. The summed E-state index contributed by atoms with van der Waals surface area (Å²) < 4.78 is 0. The van der Waals surface area contributed by atoms with Gasteiger partial charge in [-0.1, -0.05) is 69.3 Å². The standard InChI is InChI=1S/C23H28N2O2/c1-23(2,3)19-11-7-8-12-20(19)25-16-18(15-21(25)26)22(27)24-14-13-17-9-5-4-6-10-17/h4-12,18H,13-16H2,1-3H3,(H,24,27). The lowest BCUT2D eigenvalue weighted by Gasteiger charge is -2.27. The molecule has 4 nitrogen and oxygen atoms in total. The summed E-state index contributed by atoms with van der Waals surface area (Å²) >= 11 is 0. The monoisotopic (exact) mass is 364 g/mol. The highest BCUT2D eigenvalue weighted by Gasteiger charge is 2.36. The Bertz CT molecular complexity index is 809. The van der Waals surface area contributed by atoms with Crippen LogP contribution in [0.3, 0.4) is 0 Å². The van der Waals surface area contributed by atoms with Crippen molar-refractivity contribution in [1.29, 1.82) is 0 Å².